The van der Waals surface area contributed by atoms with Crippen LogP contribution >= 0.6 is 0 Å². The molecule has 0 amide bonds. The van der Waals surface area contributed by atoms with Crippen LogP contribution in [0.5, 0.6) is 0 Å². The maximum absolute atomic E-state index is 6.58. The lowest BCUT2D eigenvalue weighted by Crippen LogP contribution is -2.56. The Bertz CT molecular complexity index is 473. The van der Waals surface area contributed by atoms with Crippen molar-refractivity contribution >= 4 is 0 Å². The second-order valence-corrected chi connectivity index (χ2v) is 10.0. The SMILES string of the molecule is CC1OC2C[C@H]3[C@@H](CCC4CCCC[C@@]43C)[C@@H]3CC[C@H]1[C@@]23C. The van der Waals surface area contributed by atoms with E-state index in [-0.39, 0.29) is 0 Å². The molecule has 3 unspecified atom stereocenters. The monoisotopic (exact) mass is 302 g/mol. The minimum atomic E-state index is 0.523. The summed E-state index contributed by atoms with van der Waals surface area (Å²) in [5.74, 6) is 4.87. The fraction of sp³-hybridized carbons (Fsp3) is 1.00. The Hall–Kier alpha value is -0.0400. The van der Waals surface area contributed by atoms with Gasteiger partial charge in [-0.1, -0.05) is 26.7 Å². The highest BCUT2D eigenvalue weighted by Crippen LogP contribution is 2.70. The van der Waals surface area contributed by atoms with Crippen LogP contribution in [0.1, 0.15) is 78.6 Å². The lowest BCUT2D eigenvalue weighted by atomic mass is 9.44. The largest absolute Gasteiger partial charge is 0.374 e. The Kier molecular flexibility index (Phi) is 2.94. The van der Waals surface area contributed by atoms with Crippen molar-refractivity contribution in [3.63, 3.8) is 0 Å². The molecule has 1 heteroatoms. The van der Waals surface area contributed by atoms with Crippen LogP contribution in [0.3, 0.4) is 0 Å². The van der Waals surface area contributed by atoms with E-state index in [1.807, 2.05) is 0 Å². The van der Waals surface area contributed by atoms with Crippen molar-refractivity contribution in [2.75, 3.05) is 0 Å². The molecule has 0 aromatic carbocycles. The van der Waals surface area contributed by atoms with Gasteiger partial charge in [-0.2, -0.15) is 0 Å². The maximum Gasteiger partial charge on any atom is 0.0641 e. The molecule has 124 valence electrons. The minimum Gasteiger partial charge on any atom is -0.374 e. The van der Waals surface area contributed by atoms with Crippen LogP contribution in [-0.2, 0) is 4.74 Å². The quantitative estimate of drug-likeness (QED) is 0.579. The first-order chi connectivity index (χ1) is 10.5. The third-order valence-electron chi connectivity index (χ3n) is 9.67. The van der Waals surface area contributed by atoms with E-state index < -0.39 is 0 Å². The van der Waals surface area contributed by atoms with E-state index >= 15 is 0 Å². The van der Waals surface area contributed by atoms with Gasteiger partial charge in [0.15, 0.2) is 0 Å². The molecule has 0 radical (unpaired) electrons. The molecule has 0 bridgehead atoms. The zero-order valence-corrected chi connectivity index (χ0v) is 14.8. The molecule has 0 aromatic rings. The average molecular weight is 303 g/mol. The van der Waals surface area contributed by atoms with E-state index in [0.717, 1.165) is 29.6 Å². The molecule has 1 heterocycles. The lowest BCUT2D eigenvalue weighted by molar-refractivity contribution is -0.145. The predicted molar refractivity (Wildman–Crippen MR) is 89.6 cm³/mol. The Balaban J connectivity index is 1.53. The topological polar surface area (TPSA) is 9.23 Å². The smallest absolute Gasteiger partial charge is 0.0641 e. The van der Waals surface area contributed by atoms with Gasteiger partial charge in [-0.25, -0.2) is 0 Å². The van der Waals surface area contributed by atoms with Gasteiger partial charge in [-0.15, -0.1) is 0 Å². The molecule has 1 aliphatic heterocycles. The van der Waals surface area contributed by atoms with Crippen molar-refractivity contribution in [3.05, 3.63) is 0 Å². The van der Waals surface area contributed by atoms with Gasteiger partial charge in [-0.05, 0) is 86.9 Å². The standard InChI is InChI=1S/C21H34O/c1-13-16-9-10-17-15-8-7-14-6-4-5-11-20(14,2)18(15)12-19(22-13)21(16,17)3/h13-19H,4-12H2,1-3H3/t13?,14?,15-,16+,17-,18-,19?,20-,21+/m0/s1. The molecule has 5 aliphatic rings. The highest BCUT2D eigenvalue weighted by molar-refractivity contribution is 5.15. The number of ether oxygens (including phenoxy) is 1. The molecule has 0 spiro atoms. The summed E-state index contributed by atoms with van der Waals surface area (Å²) < 4.78 is 6.58. The van der Waals surface area contributed by atoms with Crippen LogP contribution in [0.25, 0.3) is 0 Å². The molecule has 5 rings (SSSR count). The minimum absolute atomic E-state index is 0.523. The van der Waals surface area contributed by atoms with Gasteiger partial charge in [-0.3, -0.25) is 0 Å². The molecule has 4 saturated carbocycles. The summed E-state index contributed by atoms with van der Waals surface area (Å²) in [5, 5.41) is 0. The summed E-state index contributed by atoms with van der Waals surface area (Å²) in [5.41, 5.74) is 1.17. The molecule has 1 nitrogen and oxygen atoms in total. The van der Waals surface area contributed by atoms with Gasteiger partial charge in [0, 0.05) is 5.41 Å². The Morgan fingerprint density at radius 3 is 2.55 bits per heavy atom. The summed E-state index contributed by atoms with van der Waals surface area (Å²) in [4.78, 5) is 0. The summed E-state index contributed by atoms with van der Waals surface area (Å²) >= 11 is 0. The van der Waals surface area contributed by atoms with Crippen LogP contribution in [0.15, 0.2) is 0 Å². The highest BCUT2D eigenvalue weighted by Gasteiger charge is 2.67. The third kappa shape index (κ3) is 1.55. The third-order valence-corrected chi connectivity index (χ3v) is 9.67. The van der Waals surface area contributed by atoms with Crippen LogP contribution in [0, 0.1) is 40.4 Å². The molecule has 9 atom stereocenters. The van der Waals surface area contributed by atoms with E-state index in [1.54, 1.807) is 6.42 Å². The van der Waals surface area contributed by atoms with E-state index in [4.69, 9.17) is 4.74 Å². The second-order valence-electron chi connectivity index (χ2n) is 10.0. The Labute approximate surface area is 136 Å². The molecule has 0 N–H and O–H groups in total. The molecule has 22 heavy (non-hydrogen) atoms. The van der Waals surface area contributed by atoms with Crippen LogP contribution in [0.2, 0.25) is 0 Å². The van der Waals surface area contributed by atoms with E-state index in [9.17, 15) is 0 Å². The zero-order chi connectivity index (χ0) is 15.1. The number of rotatable bonds is 0. The summed E-state index contributed by atoms with van der Waals surface area (Å²) in [6.45, 7) is 7.67. The van der Waals surface area contributed by atoms with Crippen molar-refractivity contribution in [2.45, 2.75) is 90.8 Å². The Morgan fingerprint density at radius 1 is 0.864 bits per heavy atom. The van der Waals surface area contributed by atoms with Gasteiger partial charge < -0.3 is 4.74 Å². The average Bonchev–Trinajstić information content (AvgIpc) is 2.97. The number of hydrogen-bond acceptors (Lipinski definition) is 1. The van der Waals surface area contributed by atoms with Gasteiger partial charge in [0.2, 0.25) is 0 Å². The summed E-state index contributed by atoms with van der Waals surface area (Å²) in [7, 11) is 0. The van der Waals surface area contributed by atoms with E-state index in [0.29, 0.717) is 23.0 Å². The fourth-order valence-electron chi connectivity index (χ4n) is 8.59. The van der Waals surface area contributed by atoms with Gasteiger partial charge in [0.1, 0.15) is 0 Å². The van der Waals surface area contributed by atoms with Gasteiger partial charge >= 0.3 is 0 Å². The van der Waals surface area contributed by atoms with Gasteiger partial charge in [0.05, 0.1) is 12.2 Å². The first-order valence-electron chi connectivity index (χ1n) is 10.2. The first kappa shape index (κ1) is 14.3. The normalized spacial score (nSPS) is 63.1. The number of hydrogen-bond donors (Lipinski definition) is 0. The molecular formula is C21H34O. The van der Waals surface area contributed by atoms with E-state index in [2.05, 4.69) is 20.8 Å². The highest BCUT2D eigenvalue weighted by atomic mass is 16.5. The van der Waals surface area contributed by atoms with Crippen molar-refractivity contribution in [1.82, 2.24) is 0 Å². The fourth-order valence-corrected chi connectivity index (χ4v) is 8.59. The van der Waals surface area contributed by atoms with E-state index in [1.165, 1.54) is 51.4 Å². The van der Waals surface area contributed by atoms with Crippen LogP contribution < -0.4 is 0 Å². The molecule has 0 aromatic heterocycles. The maximum atomic E-state index is 6.58. The molecule has 5 fully saturated rings. The van der Waals surface area contributed by atoms with Crippen molar-refractivity contribution in [3.8, 4) is 0 Å². The molecular weight excluding hydrogens is 268 g/mol. The van der Waals surface area contributed by atoms with Gasteiger partial charge in [0.25, 0.3) is 0 Å². The van der Waals surface area contributed by atoms with Crippen molar-refractivity contribution < 1.29 is 4.74 Å². The molecule has 4 aliphatic carbocycles. The predicted octanol–water partition coefficient (Wildman–Crippen LogP) is 5.43. The van der Waals surface area contributed by atoms with Crippen molar-refractivity contribution in [2.24, 2.45) is 40.4 Å². The lowest BCUT2D eigenvalue weighted by Gasteiger charge is -2.61. The van der Waals surface area contributed by atoms with Crippen LogP contribution in [-0.4, -0.2) is 12.2 Å². The second kappa shape index (κ2) is 4.52. The van der Waals surface area contributed by atoms with Crippen LogP contribution in [0.4, 0.5) is 0 Å². The summed E-state index contributed by atoms with van der Waals surface area (Å²) in [6, 6.07) is 0. The Morgan fingerprint density at radius 2 is 1.68 bits per heavy atom. The number of fused-ring (bicyclic) bond motifs is 4. The zero-order valence-electron chi connectivity index (χ0n) is 14.8. The van der Waals surface area contributed by atoms with Crippen molar-refractivity contribution in [1.29, 1.82) is 0 Å². The first-order valence-corrected chi connectivity index (χ1v) is 10.2. The molecule has 1 saturated heterocycles. The summed E-state index contributed by atoms with van der Waals surface area (Å²) in [6.07, 6.45) is 14.5.